The third-order valence-corrected chi connectivity index (χ3v) is 6.36. The van der Waals surface area contributed by atoms with Gasteiger partial charge in [0.15, 0.2) is 0 Å². The van der Waals surface area contributed by atoms with E-state index in [1.54, 1.807) is 6.07 Å². The average Bonchev–Trinajstić information content (AvgIpc) is 2.60. The van der Waals surface area contributed by atoms with Crippen LogP contribution < -0.4 is 4.72 Å². The van der Waals surface area contributed by atoms with Gasteiger partial charge in [-0.15, -0.1) is 0 Å². The Morgan fingerprint density at radius 1 is 0.962 bits per heavy atom. The summed E-state index contributed by atoms with van der Waals surface area (Å²) in [6, 6.07) is 13.1. The highest BCUT2D eigenvalue weighted by Gasteiger charge is 2.17. The van der Waals surface area contributed by atoms with Crippen LogP contribution in [0.3, 0.4) is 0 Å². The van der Waals surface area contributed by atoms with E-state index in [1.807, 2.05) is 50.2 Å². The maximum atomic E-state index is 12.7. The number of sulfonamides is 1. The van der Waals surface area contributed by atoms with Crippen LogP contribution in [0.1, 0.15) is 16.7 Å². The van der Waals surface area contributed by atoms with Crippen LogP contribution >= 0.6 is 0 Å². The van der Waals surface area contributed by atoms with E-state index in [4.69, 9.17) is 0 Å². The first-order chi connectivity index (χ1) is 12.3. The van der Waals surface area contributed by atoms with E-state index >= 15 is 0 Å². The SMILES string of the molecule is Cc1ccc(C)c(S(=O)(=O)Nc2ccc(CN3CCN(C)CC3)cc2)c1. The molecule has 26 heavy (non-hydrogen) atoms. The van der Waals surface area contributed by atoms with Crippen LogP contribution in [-0.2, 0) is 16.6 Å². The molecule has 1 fully saturated rings. The lowest BCUT2D eigenvalue weighted by Gasteiger charge is -2.32. The molecule has 0 unspecified atom stereocenters. The quantitative estimate of drug-likeness (QED) is 0.876. The average molecular weight is 374 g/mol. The van der Waals surface area contributed by atoms with E-state index < -0.39 is 10.0 Å². The molecule has 1 N–H and O–H groups in total. The van der Waals surface area contributed by atoms with Crippen molar-refractivity contribution in [2.75, 3.05) is 37.9 Å². The number of piperazine rings is 1. The summed E-state index contributed by atoms with van der Waals surface area (Å²) < 4.78 is 28.1. The maximum Gasteiger partial charge on any atom is 0.262 e. The van der Waals surface area contributed by atoms with Gasteiger partial charge < -0.3 is 4.90 Å². The van der Waals surface area contributed by atoms with Gasteiger partial charge in [-0.25, -0.2) is 8.42 Å². The van der Waals surface area contributed by atoms with Gasteiger partial charge in [0.2, 0.25) is 0 Å². The molecule has 0 atom stereocenters. The molecule has 0 aliphatic carbocycles. The number of nitrogens with zero attached hydrogens (tertiary/aromatic N) is 2. The smallest absolute Gasteiger partial charge is 0.262 e. The third kappa shape index (κ3) is 4.63. The lowest BCUT2D eigenvalue weighted by atomic mass is 10.2. The highest BCUT2D eigenvalue weighted by molar-refractivity contribution is 7.92. The zero-order valence-corrected chi connectivity index (χ0v) is 16.5. The molecule has 2 aromatic carbocycles. The normalized spacial score (nSPS) is 16.6. The lowest BCUT2D eigenvalue weighted by Crippen LogP contribution is -2.43. The first-order valence-electron chi connectivity index (χ1n) is 8.93. The van der Waals surface area contributed by atoms with E-state index in [1.165, 1.54) is 5.56 Å². The van der Waals surface area contributed by atoms with Crippen molar-refractivity contribution in [1.29, 1.82) is 0 Å². The number of benzene rings is 2. The van der Waals surface area contributed by atoms with Crippen molar-refractivity contribution >= 4 is 15.7 Å². The van der Waals surface area contributed by atoms with Gasteiger partial charge in [0.1, 0.15) is 0 Å². The van der Waals surface area contributed by atoms with Crippen molar-refractivity contribution in [2.45, 2.75) is 25.3 Å². The second-order valence-electron chi connectivity index (χ2n) is 7.15. The molecule has 1 aliphatic heterocycles. The topological polar surface area (TPSA) is 52.7 Å². The minimum absolute atomic E-state index is 0.332. The van der Waals surface area contributed by atoms with Crippen LogP contribution in [0.25, 0.3) is 0 Å². The van der Waals surface area contributed by atoms with Crippen LogP contribution in [0.15, 0.2) is 47.4 Å². The predicted octanol–water partition coefficient (Wildman–Crippen LogP) is 2.85. The van der Waals surface area contributed by atoms with E-state index in [2.05, 4.69) is 21.6 Å². The van der Waals surface area contributed by atoms with Crippen molar-refractivity contribution in [1.82, 2.24) is 9.80 Å². The summed E-state index contributed by atoms with van der Waals surface area (Å²) in [5.74, 6) is 0. The van der Waals surface area contributed by atoms with E-state index in [9.17, 15) is 8.42 Å². The largest absolute Gasteiger partial charge is 0.304 e. The van der Waals surface area contributed by atoms with Gasteiger partial charge >= 0.3 is 0 Å². The highest BCUT2D eigenvalue weighted by atomic mass is 32.2. The number of hydrogen-bond donors (Lipinski definition) is 1. The van der Waals surface area contributed by atoms with Crippen LogP contribution in [0, 0.1) is 13.8 Å². The molecule has 0 amide bonds. The Morgan fingerprint density at radius 2 is 1.62 bits per heavy atom. The summed E-state index contributed by atoms with van der Waals surface area (Å²) in [5, 5.41) is 0. The molecule has 3 rings (SSSR count). The number of aryl methyl sites for hydroxylation is 2. The molecule has 2 aromatic rings. The van der Waals surface area contributed by atoms with Gasteiger partial charge in [-0.1, -0.05) is 24.3 Å². The fraction of sp³-hybridized carbons (Fsp3) is 0.400. The predicted molar refractivity (Wildman–Crippen MR) is 106 cm³/mol. The van der Waals surface area contributed by atoms with Crippen LogP contribution in [0.5, 0.6) is 0 Å². The first-order valence-corrected chi connectivity index (χ1v) is 10.4. The highest BCUT2D eigenvalue weighted by Crippen LogP contribution is 2.21. The monoisotopic (exact) mass is 373 g/mol. The van der Waals surface area contributed by atoms with Gasteiger partial charge in [0.05, 0.1) is 4.90 Å². The molecular weight excluding hydrogens is 346 g/mol. The van der Waals surface area contributed by atoms with Crippen molar-refractivity contribution in [3.63, 3.8) is 0 Å². The van der Waals surface area contributed by atoms with Crippen molar-refractivity contribution in [2.24, 2.45) is 0 Å². The molecule has 0 aromatic heterocycles. The fourth-order valence-electron chi connectivity index (χ4n) is 3.15. The molecule has 0 bridgehead atoms. The Balaban J connectivity index is 1.68. The lowest BCUT2D eigenvalue weighted by molar-refractivity contribution is 0.148. The molecular formula is C20H27N3O2S. The number of anilines is 1. The third-order valence-electron chi connectivity index (χ3n) is 4.84. The van der Waals surface area contributed by atoms with Gasteiger partial charge in [-0.05, 0) is 55.8 Å². The zero-order valence-electron chi connectivity index (χ0n) is 15.7. The molecule has 140 valence electrons. The van der Waals surface area contributed by atoms with E-state index in [0.29, 0.717) is 10.6 Å². The fourth-order valence-corrected chi connectivity index (χ4v) is 4.54. The Labute approximate surface area is 156 Å². The molecule has 0 saturated carbocycles. The van der Waals surface area contributed by atoms with Crippen molar-refractivity contribution < 1.29 is 8.42 Å². The second kappa shape index (κ2) is 7.78. The Bertz CT molecular complexity index is 855. The summed E-state index contributed by atoms with van der Waals surface area (Å²) in [6.45, 7) is 8.92. The van der Waals surface area contributed by atoms with Gasteiger partial charge in [0, 0.05) is 38.4 Å². The second-order valence-corrected chi connectivity index (χ2v) is 8.80. The Kier molecular flexibility index (Phi) is 5.65. The van der Waals surface area contributed by atoms with E-state index in [-0.39, 0.29) is 0 Å². The molecule has 6 heteroatoms. The summed E-state index contributed by atoms with van der Waals surface area (Å²) in [7, 11) is -1.43. The molecule has 1 aliphatic rings. The number of hydrogen-bond acceptors (Lipinski definition) is 4. The van der Waals surface area contributed by atoms with Crippen molar-refractivity contribution in [3.8, 4) is 0 Å². The minimum Gasteiger partial charge on any atom is -0.304 e. The summed E-state index contributed by atoms with van der Waals surface area (Å²) in [6.07, 6.45) is 0. The molecule has 1 heterocycles. The summed E-state index contributed by atoms with van der Waals surface area (Å²) in [5.41, 5.74) is 3.46. The van der Waals surface area contributed by atoms with Gasteiger partial charge in [-0.2, -0.15) is 0 Å². The van der Waals surface area contributed by atoms with Crippen LogP contribution in [-0.4, -0.2) is 51.4 Å². The molecule has 0 spiro atoms. The molecule has 0 radical (unpaired) electrons. The first kappa shape index (κ1) is 18.9. The Hall–Kier alpha value is -1.89. The number of likely N-dealkylation sites (N-methyl/N-ethyl adjacent to an activating group) is 1. The number of nitrogens with one attached hydrogen (secondary N) is 1. The molecule has 5 nitrogen and oxygen atoms in total. The van der Waals surface area contributed by atoms with Gasteiger partial charge in [0.25, 0.3) is 10.0 Å². The van der Waals surface area contributed by atoms with Crippen molar-refractivity contribution in [3.05, 3.63) is 59.2 Å². The summed E-state index contributed by atoms with van der Waals surface area (Å²) in [4.78, 5) is 5.09. The van der Waals surface area contributed by atoms with E-state index in [0.717, 1.165) is 43.9 Å². The number of rotatable bonds is 5. The van der Waals surface area contributed by atoms with Crippen LogP contribution in [0.2, 0.25) is 0 Å². The van der Waals surface area contributed by atoms with Gasteiger partial charge in [-0.3, -0.25) is 9.62 Å². The summed E-state index contributed by atoms with van der Waals surface area (Å²) >= 11 is 0. The standard InChI is InChI=1S/C20H27N3O2S/c1-16-4-5-17(2)20(14-16)26(24,25)21-19-8-6-18(7-9-19)15-23-12-10-22(3)11-13-23/h4-9,14,21H,10-13,15H2,1-3H3. The minimum atomic E-state index is -3.58. The zero-order chi connectivity index (χ0) is 18.7. The molecule has 1 saturated heterocycles. The Morgan fingerprint density at radius 3 is 2.27 bits per heavy atom. The maximum absolute atomic E-state index is 12.7. The van der Waals surface area contributed by atoms with Crippen LogP contribution in [0.4, 0.5) is 5.69 Å².